The molecule has 3 aromatic carbocycles. The summed E-state index contributed by atoms with van der Waals surface area (Å²) >= 11 is 1.47. The minimum absolute atomic E-state index is 0.0958. The number of benzene rings is 3. The van der Waals surface area contributed by atoms with Gasteiger partial charge in [-0.3, -0.25) is 9.59 Å². The predicted molar refractivity (Wildman–Crippen MR) is 121 cm³/mol. The topological polar surface area (TPSA) is 87.7 Å². The van der Waals surface area contributed by atoms with Crippen LogP contribution in [0.15, 0.2) is 65.5 Å². The van der Waals surface area contributed by atoms with Crippen molar-refractivity contribution in [2.45, 2.75) is 19.3 Å². The molecule has 0 aliphatic carbocycles. The van der Waals surface area contributed by atoms with Crippen molar-refractivity contribution in [3.05, 3.63) is 76.8 Å². The molecule has 0 aliphatic heterocycles. The van der Waals surface area contributed by atoms with Crippen molar-refractivity contribution in [2.75, 3.05) is 5.32 Å². The van der Waals surface area contributed by atoms with Crippen molar-refractivity contribution < 1.29 is 4.79 Å². The lowest BCUT2D eigenvalue weighted by atomic mass is 10.1. The van der Waals surface area contributed by atoms with Crippen molar-refractivity contribution in [3.8, 4) is 0 Å². The zero-order valence-corrected chi connectivity index (χ0v) is 16.8. The Hall–Kier alpha value is -3.58. The predicted octanol–water partition coefficient (Wildman–Crippen LogP) is 4.65. The first-order valence-electron chi connectivity index (χ1n) is 9.73. The third kappa shape index (κ3) is 3.55. The summed E-state index contributed by atoms with van der Waals surface area (Å²) in [7, 11) is 0. The maximum atomic E-state index is 12.4. The van der Waals surface area contributed by atoms with Crippen LogP contribution >= 0.6 is 11.3 Å². The second-order valence-corrected chi connectivity index (χ2v) is 8.11. The van der Waals surface area contributed by atoms with Gasteiger partial charge in [0.05, 0.1) is 21.1 Å². The number of thiazole rings is 1. The van der Waals surface area contributed by atoms with Gasteiger partial charge in [0.15, 0.2) is 5.13 Å². The molecular formula is C23H18N4O2S. The third-order valence-corrected chi connectivity index (χ3v) is 5.95. The van der Waals surface area contributed by atoms with E-state index in [0.717, 1.165) is 21.0 Å². The van der Waals surface area contributed by atoms with E-state index in [1.54, 1.807) is 6.07 Å². The summed E-state index contributed by atoms with van der Waals surface area (Å²) in [5.41, 5.74) is 1.43. The van der Waals surface area contributed by atoms with Crippen molar-refractivity contribution >= 4 is 54.3 Å². The molecule has 0 bridgehead atoms. The number of hydrogen-bond acceptors (Lipinski definition) is 5. The van der Waals surface area contributed by atoms with E-state index < -0.39 is 0 Å². The number of fused-ring (bicyclic) bond motifs is 4. The standard InChI is InChI=1S/C23H18N4O2S/c28-20(11-5-10-19-24-17-9-4-3-8-16(17)22(29)25-19)26-23-27-21-15-7-2-1-6-14(15)12-13-18(21)30-23/h1-4,6-9,12-13H,5,10-11H2,(H,24,25,29)(H,26,27,28). The molecule has 30 heavy (non-hydrogen) atoms. The molecule has 0 atom stereocenters. The molecule has 0 aliphatic rings. The second kappa shape index (κ2) is 7.68. The molecule has 5 rings (SSSR count). The molecule has 0 spiro atoms. The van der Waals surface area contributed by atoms with Gasteiger partial charge in [-0.15, -0.1) is 0 Å². The summed E-state index contributed by atoms with van der Waals surface area (Å²) in [5, 5.41) is 6.28. The van der Waals surface area contributed by atoms with Crippen LogP contribution in [-0.2, 0) is 11.2 Å². The molecule has 6 nitrogen and oxygen atoms in total. The van der Waals surface area contributed by atoms with Crippen LogP contribution < -0.4 is 10.9 Å². The van der Waals surface area contributed by atoms with Crippen molar-refractivity contribution in [1.82, 2.24) is 15.0 Å². The zero-order chi connectivity index (χ0) is 20.5. The highest BCUT2D eigenvalue weighted by molar-refractivity contribution is 7.22. The Bertz CT molecular complexity index is 1450. The number of hydrogen-bond donors (Lipinski definition) is 2. The fourth-order valence-electron chi connectivity index (χ4n) is 3.57. The molecule has 0 fully saturated rings. The Balaban J connectivity index is 1.25. The summed E-state index contributed by atoms with van der Waals surface area (Å²) in [4.78, 5) is 36.4. The molecule has 2 N–H and O–H groups in total. The average Bonchev–Trinajstić information content (AvgIpc) is 3.17. The van der Waals surface area contributed by atoms with Gasteiger partial charge in [-0.25, -0.2) is 9.97 Å². The summed E-state index contributed by atoms with van der Waals surface area (Å²) in [5.74, 6) is 0.499. The van der Waals surface area contributed by atoms with Crippen LogP contribution in [0.2, 0.25) is 0 Å². The van der Waals surface area contributed by atoms with Gasteiger partial charge in [-0.2, -0.15) is 0 Å². The molecule has 1 amide bonds. The second-order valence-electron chi connectivity index (χ2n) is 7.08. The largest absolute Gasteiger partial charge is 0.310 e. The highest BCUT2D eigenvalue weighted by atomic mass is 32.1. The van der Waals surface area contributed by atoms with Gasteiger partial charge in [0.1, 0.15) is 5.82 Å². The normalized spacial score (nSPS) is 11.3. The van der Waals surface area contributed by atoms with E-state index in [1.165, 1.54) is 11.3 Å². The van der Waals surface area contributed by atoms with Gasteiger partial charge in [0, 0.05) is 18.2 Å². The van der Waals surface area contributed by atoms with E-state index in [-0.39, 0.29) is 11.5 Å². The first-order chi connectivity index (χ1) is 14.7. The molecular weight excluding hydrogens is 396 g/mol. The third-order valence-electron chi connectivity index (χ3n) is 5.01. The molecule has 0 radical (unpaired) electrons. The van der Waals surface area contributed by atoms with Gasteiger partial charge in [0.2, 0.25) is 5.91 Å². The first kappa shape index (κ1) is 18.4. The molecule has 5 aromatic rings. The summed E-state index contributed by atoms with van der Waals surface area (Å²) in [6, 6.07) is 19.4. The van der Waals surface area contributed by atoms with Crippen LogP contribution in [0.1, 0.15) is 18.7 Å². The maximum Gasteiger partial charge on any atom is 0.258 e. The SMILES string of the molecule is O=C(CCCc1nc2ccccc2c(=O)[nH]1)Nc1nc2c(ccc3ccccc32)s1. The molecule has 2 aromatic heterocycles. The van der Waals surface area contributed by atoms with E-state index in [9.17, 15) is 9.59 Å². The van der Waals surface area contributed by atoms with Crippen LogP contribution in [0, 0.1) is 0 Å². The first-order valence-corrected chi connectivity index (χ1v) is 10.5. The van der Waals surface area contributed by atoms with E-state index in [0.29, 0.717) is 41.1 Å². The molecule has 2 heterocycles. The Labute approximate surface area is 175 Å². The van der Waals surface area contributed by atoms with Crippen molar-refractivity contribution in [2.24, 2.45) is 0 Å². The highest BCUT2D eigenvalue weighted by Crippen LogP contribution is 2.31. The van der Waals surface area contributed by atoms with Crippen molar-refractivity contribution in [3.63, 3.8) is 0 Å². The number of amides is 1. The molecule has 7 heteroatoms. The van der Waals surface area contributed by atoms with Crippen LogP contribution in [0.5, 0.6) is 0 Å². The van der Waals surface area contributed by atoms with Gasteiger partial charge < -0.3 is 10.3 Å². The molecule has 148 valence electrons. The van der Waals surface area contributed by atoms with Crippen LogP contribution in [-0.4, -0.2) is 20.9 Å². The number of carbonyl (C=O) groups excluding carboxylic acids is 1. The van der Waals surface area contributed by atoms with Crippen molar-refractivity contribution in [1.29, 1.82) is 0 Å². The summed E-state index contributed by atoms with van der Waals surface area (Å²) in [6.45, 7) is 0. The van der Waals surface area contributed by atoms with Gasteiger partial charge in [0.25, 0.3) is 5.56 Å². The number of nitrogens with zero attached hydrogens (tertiary/aromatic N) is 2. The van der Waals surface area contributed by atoms with Crippen LogP contribution in [0.4, 0.5) is 5.13 Å². The lowest BCUT2D eigenvalue weighted by Gasteiger charge is -2.03. The number of anilines is 1. The number of aryl methyl sites for hydroxylation is 1. The monoisotopic (exact) mass is 414 g/mol. The van der Waals surface area contributed by atoms with E-state index in [2.05, 4.69) is 32.4 Å². The lowest BCUT2D eigenvalue weighted by Crippen LogP contribution is -2.14. The Kier molecular flexibility index (Phi) is 4.72. The van der Waals surface area contributed by atoms with E-state index >= 15 is 0 Å². The zero-order valence-electron chi connectivity index (χ0n) is 16.0. The number of aromatic nitrogens is 3. The van der Waals surface area contributed by atoms with Gasteiger partial charge >= 0.3 is 0 Å². The Morgan fingerprint density at radius 3 is 2.67 bits per heavy atom. The number of rotatable bonds is 5. The summed E-state index contributed by atoms with van der Waals surface area (Å²) in [6.07, 6.45) is 1.44. The highest BCUT2D eigenvalue weighted by Gasteiger charge is 2.11. The maximum absolute atomic E-state index is 12.4. The fraction of sp³-hybridized carbons (Fsp3) is 0.130. The Morgan fingerprint density at radius 2 is 1.77 bits per heavy atom. The van der Waals surface area contributed by atoms with Gasteiger partial charge in [-0.1, -0.05) is 53.8 Å². The number of aromatic amines is 1. The molecule has 0 saturated carbocycles. The molecule has 0 unspecified atom stereocenters. The van der Waals surface area contributed by atoms with E-state index in [4.69, 9.17) is 0 Å². The minimum atomic E-state index is -0.151. The fourth-order valence-corrected chi connectivity index (χ4v) is 4.46. The summed E-state index contributed by atoms with van der Waals surface area (Å²) < 4.78 is 1.04. The van der Waals surface area contributed by atoms with Crippen LogP contribution in [0.25, 0.3) is 31.9 Å². The number of H-pyrrole nitrogens is 1. The quantitative estimate of drug-likeness (QED) is 0.438. The number of carbonyl (C=O) groups is 1. The lowest BCUT2D eigenvalue weighted by molar-refractivity contribution is -0.116. The minimum Gasteiger partial charge on any atom is -0.310 e. The van der Waals surface area contributed by atoms with Crippen LogP contribution in [0.3, 0.4) is 0 Å². The number of para-hydroxylation sites is 1. The van der Waals surface area contributed by atoms with Gasteiger partial charge in [-0.05, 0) is 30.0 Å². The average molecular weight is 414 g/mol. The van der Waals surface area contributed by atoms with E-state index in [1.807, 2.05) is 42.5 Å². The number of nitrogens with one attached hydrogen (secondary N) is 2. The Morgan fingerprint density at radius 1 is 0.967 bits per heavy atom. The smallest absolute Gasteiger partial charge is 0.258 e. The molecule has 0 saturated heterocycles.